The number of halogens is 1. The number of likely N-dealkylation sites (N-methyl/N-ethyl adjacent to an activating group) is 1. The van der Waals surface area contributed by atoms with Crippen LogP contribution in [0.2, 0.25) is 0 Å². The summed E-state index contributed by atoms with van der Waals surface area (Å²) in [5, 5.41) is 2.48. The molecule has 0 unspecified atom stereocenters. The van der Waals surface area contributed by atoms with E-state index in [0.29, 0.717) is 17.1 Å². The fourth-order valence-electron chi connectivity index (χ4n) is 2.66. The number of rotatable bonds is 5. The number of allylic oxidation sites excluding steroid dienone is 1. The molecule has 2 aromatic carbocycles. The molecular weight excluding hydrogens is 401 g/mol. The van der Waals surface area contributed by atoms with Gasteiger partial charge in [0.25, 0.3) is 5.91 Å². The Bertz CT molecular complexity index is 1130. The van der Waals surface area contributed by atoms with Gasteiger partial charge in [-0.25, -0.2) is 8.70 Å². The van der Waals surface area contributed by atoms with Gasteiger partial charge in [-0.05, 0) is 42.5 Å². The summed E-state index contributed by atoms with van der Waals surface area (Å²) >= 11 is 0. The molecule has 2 aromatic rings. The summed E-state index contributed by atoms with van der Waals surface area (Å²) in [7, 11) is -0.0101. The minimum Gasteiger partial charge on any atom is -0.493 e. The van der Waals surface area contributed by atoms with Gasteiger partial charge in [0.2, 0.25) is 0 Å². The molecule has 1 heterocycles. The first-order valence-corrected chi connectivity index (χ1v) is 9.74. The molecule has 0 saturated heterocycles. The second-order valence-electron chi connectivity index (χ2n) is 5.99. The first-order valence-electron chi connectivity index (χ1n) is 8.35. The Balaban J connectivity index is 2.00. The third-order valence-corrected chi connectivity index (χ3v) is 5.48. The van der Waals surface area contributed by atoms with E-state index in [1.807, 2.05) is 0 Å². The van der Waals surface area contributed by atoms with Gasteiger partial charge in [-0.3, -0.25) is 4.79 Å². The predicted octanol–water partition coefficient (Wildman–Crippen LogP) is 2.34. The Hall–Kier alpha value is -3.40. The highest BCUT2D eigenvalue weighted by atomic mass is 32.2. The second-order valence-corrected chi connectivity index (χ2v) is 7.61. The maximum Gasteiger partial charge on any atom is 0.345 e. The third kappa shape index (κ3) is 4.21. The van der Waals surface area contributed by atoms with Crippen LogP contribution < -0.4 is 14.8 Å². The lowest BCUT2D eigenvalue weighted by molar-refractivity contribution is -0.113. The number of carbonyl (C=O) groups excluding carboxylic acids is 1. The molecule has 0 radical (unpaired) electrons. The molecule has 10 heteroatoms. The van der Waals surface area contributed by atoms with Crippen LogP contribution >= 0.6 is 0 Å². The molecule has 0 atom stereocenters. The van der Waals surface area contributed by atoms with Crippen molar-refractivity contribution >= 4 is 27.5 Å². The highest BCUT2D eigenvalue weighted by molar-refractivity contribution is 7.88. The molecule has 0 bridgehead atoms. The van der Waals surface area contributed by atoms with E-state index in [2.05, 4.69) is 9.71 Å². The SMILES string of the molecule is COc1ccc(C2=NS(=O)(=O)N(C)C(C(=O)Nc3cccc(F)c3)=C2)cc1OC. The Labute approximate surface area is 167 Å². The van der Waals surface area contributed by atoms with Gasteiger partial charge in [0.05, 0.1) is 19.9 Å². The summed E-state index contributed by atoms with van der Waals surface area (Å²) in [6, 6.07) is 10.0. The Morgan fingerprint density at radius 1 is 1.10 bits per heavy atom. The van der Waals surface area contributed by atoms with Crippen LogP contribution in [0.1, 0.15) is 5.56 Å². The third-order valence-electron chi connectivity index (χ3n) is 4.17. The van der Waals surface area contributed by atoms with Crippen LogP contribution in [0.15, 0.2) is 58.6 Å². The van der Waals surface area contributed by atoms with Gasteiger partial charge in [-0.2, -0.15) is 8.42 Å². The van der Waals surface area contributed by atoms with Gasteiger partial charge in [-0.1, -0.05) is 6.07 Å². The number of methoxy groups -OCH3 is 2. The summed E-state index contributed by atoms with van der Waals surface area (Å²) in [6.45, 7) is 0. The summed E-state index contributed by atoms with van der Waals surface area (Å²) in [5.74, 6) is -0.424. The van der Waals surface area contributed by atoms with Crippen LogP contribution in [0.3, 0.4) is 0 Å². The smallest absolute Gasteiger partial charge is 0.345 e. The lowest BCUT2D eigenvalue weighted by Crippen LogP contribution is -2.35. The molecule has 0 fully saturated rings. The Kier molecular flexibility index (Phi) is 5.55. The first-order chi connectivity index (χ1) is 13.7. The van der Waals surface area contributed by atoms with Crippen molar-refractivity contribution < 1.29 is 27.1 Å². The molecule has 0 spiro atoms. The van der Waals surface area contributed by atoms with Crippen molar-refractivity contribution in [3.8, 4) is 11.5 Å². The van der Waals surface area contributed by atoms with Crippen LogP contribution in [0, 0.1) is 5.82 Å². The molecule has 0 saturated carbocycles. The van der Waals surface area contributed by atoms with Crippen LogP contribution in [0.25, 0.3) is 0 Å². The summed E-state index contributed by atoms with van der Waals surface area (Å²) in [4.78, 5) is 12.7. The molecule has 0 aliphatic carbocycles. The highest BCUT2D eigenvalue weighted by Gasteiger charge is 2.30. The van der Waals surface area contributed by atoms with Gasteiger partial charge < -0.3 is 14.8 Å². The number of nitrogens with zero attached hydrogens (tertiary/aromatic N) is 2. The minimum atomic E-state index is -4.14. The fraction of sp³-hybridized carbons (Fsp3) is 0.158. The maximum atomic E-state index is 13.4. The first kappa shape index (κ1) is 20.3. The zero-order valence-electron chi connectivity index (χ0n) is 15.8. The van der Waals surface area contributed by atoms with Crippen LogP contribution in [-0.2, 0) is 15.0 Å². The molecule has 29 heavy (non-hydrogen) atoms. The number of hydrogen-bond acceptors (Lipinski definition) is 5. The van der Waals surface area contributed by atoms with Crippen molar-refractivity contribution in [3.05, 3.63) is 65.6 Å². The van der Waals surface area contributed by atoms with Crippen molar-refractivity contribution in [2.45, 2.75) is 0 Å². The van der Waals surface area contributed by atoms with E-state index in [0.717, 1.165) is 10.4 Å². The number of carbonyl (C=O) groups is 1. The van der Waals surface area contributed by atoms with Crippen molar-refractivity contribution in [1.82, 2.24) is 4.31 Å². The number of nitrogens with one attached hydrogen (secondary N) is 1. The lowest BCUT2D eigenvalue weighted by atomic mass is 10.1. The zero-order chi connectivity index (χ0) is 21.2. The molecule has 8 nitrogen and oxygen atoms in total. The van der Waals surface area contributed by atoms with Crippen LogP contribution in [-0.4, -0.2) is 45.6 Å². The van der Waals surface area contributed by atoms with E-state index in [4.69, 9.17) is 9.47 Å². The van der Waals surface area contributed by atoms with E-state index < -0.39 is 21.9 Å². The van der Waals surface area contributed by atoms with Crippen molar-refractivity contribution in [1.29, 1.82) is 0 Å². The quantitative estimate of drug-likeness (QED) is 0.802. The van der Waals surface area contributed by atoms with Crippen molar-refractivity contribution in [2.24, 2.45) is 4.40 Å². The van der Waals surface area contributed by atoms with Gasteiger partial charge in [0.1, 0.15) is 11.5 Å². The van der Waals surface area contributed by atoms with Gasteiger partial charge >= 0.3 is 10.2 Å². The summed E-state index contributed by atoms with van der Waals surface area (Å²) in [6.07, 6.45) is 1.33. The average molecular weight is 419 g/mol. The van der Waals surface area contributed by atoms with E-state index in [1.54, 1.807) is 18.2 Å². The number of ether oxygens (including phenoxy) is 2. The number of amides is 1. The van der Waals surface area contributed by atoms with E-state index >= 15 is 0 Å². The normalized spacial score (nSPS) is 15.2. The molecule has 1 N–H and O–H groups in total. The predicted molar refractivity (Wildman–Crippen MR) is 106 cm³/mol. The summed E-state index contributed by atoms with van der Waals surface area (Å²) in [5.41, 5.74) is 0.481. The van der Waals surface area contributed by atoms with Crippen LogP contribution in [0.5, 0.6) is 11.5 Å². The molecule has 1 aliphatic heterocycles. The van der Waals surface area contributed by atoms with Crippen LogP contribution in [0.4, 0.5) is 10.1 Å². The molecule has 1 aliphatic rings. The molecule has 152 valence electrons. The van der Waals surface area contributed by atoms with Gasteiger partial charge in [-0.15, -0.1) is 4.40 Å². The summed E-state index contributed by atoms with van der Waals surface area (Å²) < 4.78 is 53.2. The fourth-order valence-corrected chi connectivity index (χ4v) is 3.57. The monoisotopic (exact) mass is 419 g/mol. The van der Waals surface area contributed by atoms with E-state index in [-0.39, 0.29) is 17.1 Å². The van der Waals surface area contributed by atoms with E-state index in [9.17, 15) is 17.6 Å². The average Bonchev–Trinajstić information content (AvgIpc) is 2.69. The number of hydrogen-bond donors (Lipinski definition) is 1. The molecule has 0 aromatic heterocycles. The number of benzene rings is 2. The Morgan fingerprint density at radius 2 is 1.83 bits per heavy atom. The largest absolute Gasteiger partial charge is 0.493 e. The Morgan fingerprint density at radius 3 is 2.48 bits per heavy atom. The topological polar surface area (TPSA) is 97.3 Å². The number of anilines is 1. The highest BCUT2D eigenvalue weighted by Crippen LogP contribution is 2.29. The standard InChI is InChI=1S/C19H18FN3O5S/c1-23-16(19(24)21-14-6-4-5-13(20)10-14)11-15(22-29(23,25)26)12-7-8-17(27-2)18(9-12)28-3/h4-11H,1-3H3,(H,21,24). The zero-order valence-corrected chi connectivity index (χ0v) is 16.7. The van der Waals surface area contributed by atoms with Crippen molar-refractivity contribution in [2.75, 3.05) is 26.6 Å². The maximum absolute atomic E-state index is 13.4. The van der Waals surface area contributed by atoms with Crippen molar-refractivity contribution in [3.63, 3.8) is 0 Å². The lowest BCUT2D eigenvalue weighted by Gasteiger charge is -2.23. The van der Waals surface area contributed by atoms with Gasteiger partial charge in [0, 0.05) is 18.3 Å². The van der Waals surface area contributed by atoms with Gasteiger partial charge in [0.15, 0.2) is 11.5 Å². The molecule has 3 rings (SSSR count). The second kappa shape index (κ2) is 7.92. The molecule has 1 amide bonds. The minimum absolute atomic E-state index is 0.0495. The van der Waals surface area contributed by atoms with E-state index in [1.165, 1.54) is 45.5 Å². The molecular formula is C19H18FN3O5S.